The fourth-order valence-electron chi connectivity index (χ4n) is 0.985. The predicted octanol–water partition coefficient (Wildman–Crippen LogP) is 1.27. The zero-order valence-corrected chi connectivity index (χ0v) is 9.41. The zero-order chi connectivity index (χ0) is 11.7. The fourth-order valence-corrected chi connectivity index (χ4v) is 0.985. The van der Waals surface area contributed by atoms with Crippen molar-refractivity contribution in [3.8, 4) is 0 Å². The molecule has 0 saturated heterocycles. The molecule has 0 unspecified atom stereocenters. The van der Waals surface area contributed by atoms with Gasteiger partial charge in [-0.15, -0.1) is 0 Å². The SMILES string of the molecule is C=CC(=O)OCC(=O)NCCCC(C)C. The van der Waals surface area contributed by atoms with Gasteiger partial charge >= 0.3 is 5.97 Å². The Kier molecular flexibility index (Phi) is 7.32. The Balaban J connectivity index is 3.41. The number of hydrogen-bond donors (Lipinski definition) is 1. The van der Waals surface area contributed by atoms with E-state index in [1.807, 2.05) is 0 Å². The van der Waals surface area contributed by atoms with Crippen LogP contribution >= 0.6 is 0 Å². The molecule has 0 saturated carbocycles. The van der Waals surface area contributed by atoms with Gasteiger partial charge in [0.05, 0.1) is 0 Å². The minimum atomic E-state index is -0.577. The first kappa shape index (κ1) is 13.7. The summed E-state index contributed by atoms with van der Waals surface area (Å²) >= 11 is 0. The van der Waals surface area contributed by atoms with Crippen LogP contribution in [0, 0.1) is 5.92 Å². The Labute approximate surface area is 90.7 Å². The van der Waals surface area contributed by atoms with Crippen molar-refractivity contribution in [2.45, 2.75) is 26.7 Å². The lowest BCUT2D eigenvalue weighted by Crippen LogP contribution is -2.29. The van der Waals surface area contributed by atoms with Gasteiger partial charge in [0.15, 0.2) is 6.61 Å². The first-order valence-electron chi connectivity index (χ1n) is 5.12. The van der Waals surface area contributed by atoms with Crippen LogP contribution in [0.25, 0.3) is 0 Å². The number of nitrogens with one attached hydrogen (secondary N) is 1. The maximum Gasteiger partial charge on any atom is 0.330 e. The summed E-state index contributed by atoms with van der Waals surface area (Å²) < 4.78 is 4.56. The molecule has 0 bridgehead atoms. The number of carbonyl (C=O) groups excluding carboxylic acids is 2. The van der Waals surface area contributed by atoms with Gasteiger partial charge < -0.3 is 10.1 Å². The highest BCUT2D eigenvalue weighted by Crippen LogP contribution is 2.01. The van der Waals surface area contributed by atoms with Crippen molar-refractivity contribution < 1.29 is 14.3 Å². The van der Waals surface area contributed by atoms with Crippen LogP contribution in [-0.2, 0) is 14.3 Å². The van der Waals surface area contributed by atoms with E-state index in [4.69, 9.17) is 0 Å². The monoisotopic (exact) mass is 213 g/mol. The van der Waals surface area contributed by atoms with Gasteiger partial charge in [0.2, 0.25) is 0 Å². The Hall–Kier alpha value is -1.32. The molecular formula is C11H19NO3. The summed E-state index contributed by atoms with van der Waals surface area (Å²) in [6, 6.07) is 0. The first-order chi connectivity index (χ1) is 7.06. The largest absolute Gasteiger partial charge is 0.452 e. The van der Waals surface area contributed by atoms with E-state index < -0.39 is 5.97 Å². The molecule has 0 atom stereocenters. The molecule has 1 amide bonds. The second-order valence-corrected chi connectivity index (χ2v) is 3.70. The van der Waals surface area contributed by atoms with E-state index in [1.165, 1.54) is 0 Å². The van der Waals surface area contributed by atoms with Crippen LogP contribution < -0.4 is 5.32 Å². The van der Waals surface area contributed by atoms with Crippen molar-refractivity contribution in [3.05, 3.63) is 12.7 Å². The molecule has 4 heteroatoms. The third kappa shape index (κ3) is 9.00. The minimum Gasteiger partial charge on any atom is -0.452 e. The second kappa shape index (κ2) is 8.03. The summed E-state index contributed by atoms with van der Waals surface area (Å²) in [4.78, 5) is 21.7. The molecule has 86 valence electrons. The summed E-state index contributed by atoms with van der Waals surface area (Å²) in [6.45, 7) is 7.89. The predicted molar refractivity (Wildman–Crippen MR) is 58.2 cm³/mol. The van der Waals surface area contributed by atoms with E-state index in [-0.39, 0.29) is 12.5 Å². The van der Waals surface area contributed by atoms with Crippen LogP contribution in [0.1, 0.15) is 26.7 Å². The molecule has 0 heterocycles. The van der Waals surface area contributed by atoms with E-state index in [0.29, 0.717) is 12.5 Å². The Morgan fingerprint density at radius 3 is 2.67 bits per heavy atom. The molecule has 0 aliphatic heterocycles. The van der Waals surface area contributed by atoms with Crippen molar-refractivity contribution in [3.63, 3.8) is 0 Å². The van der Waals surface area contributed by atoms with Gasteiger partial charge in [-0.25, -0.2) is 4.79 Å². The number of rotatable bonds is 7. The maximum absolute atomic E-state index is 11.1. The number of ether oxygens (including phenoxy) is 1. The smallest absolute Gasteiger partial charge is 0.330 e. The molecule has 15 heavy (non-hydrogen) atoms. The van der Waals surface area contributed by atoms with Crippen molar-refractivity contribution in [1.82, 2.24) is 5.32 Å². The third-order valence-electron chi connectivity index (χ3n) is 1.79. The lowest BCUT2D eigenvalue weighted by atomic mass is 10.1. The number of hydrogen-bond acceptors (Lipinski definition) is 3. The van der Waals surface area contributed by atoms with Gasteiger partial charge in [-0.2, -0.15) is 0 Å². The molecule has 0 aromatic rings. The Morgan fingerprint density at radius 1 is 1.47 bits per heavy atom. The molecule has 0 aromatic heterocycles. The third-order valence-corrected chi connectivity index (χ3v) is 1.79. The summed E-state index contributed by atoms with van der Waals surface area (Å²) in [7, 11) is 0. The van der Waals surface area contributed by atoms with Crippen LogP contribution in [0.3, 0.4) is 0 Å². The highest BCUT2D eigenvalue weighted by molar-refractivity contribution is 5.85. The molecular weight excluding hydrogens is 194 g/mol. The average Bonchev–Trinajstić information content (AvgIpc) is 2.20. The summed E-state index contributed by atoms with van der Waals surface area (Å²) in [5.41, 5.74) is 0. The molecule has 0 aromatic carbocycles. The molecule has 1 N–H and O–H groups in total. The van der Waals surface area contributed by atoms with E-state index in [0.717, 1.165) is 18.9 Å². The van der Waals surface area contributed by atoms with Crippen LogP contribution in [0.2, 0.25) is 0 Å². The van der Waals surface area contributed by atoms with Crippen molar-refractivity contribution in [2.24, 2.45) is 5.92 Å². The highest BCUT2D eigenvalue weighted by atomic mass is 16.5. The van der Waals surface area contributed by atoms with Gasteiger partial charge in [-0.1, -0.05) is 20.4 Å². The average molecular weight is 213 g/mol. The highest BCUT2D eigenvalue weighted by Gasteiger charge is 2.03. The summed E-state index contributed by atoms with van der Waals surface area (Å²) in [5, 5.41) is 2.67. The van der Waals surface area contributed by atoms with Crippen molar-refractivity contribution >= 4 is 11.9 Å². The van der Waals surface area contributed by atoms with Crippen LogP contribution in [0.4, 0.5) is 0 Å². The molecule has 0 spiro atoms. The Bertz CT molecular complexity index is 224. The fraction of sp³-hybridized carbons (Fsp3) is 0.636. The van der Waals surface area contributed by atoms with Crippen molar-refractivity contribution in [1.29, 1.82) is 0 Å². The lowest BCUT2D eigenvalue weighted by Gasteiger charge is -2.06. The van der Waals surface area contributed by atoms with Gasteiger partial charge in [0.25, 0.3) is 5.91 Å². The van der Waals surface area contributed by atoms with E-state index >= 15 is 0 Å². The number of amides is 1. The molecule has 0 rings (SSSR count). The standard InChI is InChI=1S/C11H19NO3/c1-4-11(14)15-8-10(13)12-7-5-6-9(2)3/h4,9H,1,5-8H2,2-3H3,(H,12,13). The van der Waals surface area contributed by atoms with Gasteiger partial charge in [-0.05, 0) is 18.8 Å². The molecule has 0 radical (unpaired) electrons. The summed E-state index contributed by atoms with van der Waals surface area (Å²) in [6.07, 6.45) is 3.05. The molecule has 0 fully saturated rings. The van der Waals surface area contributed by atoms with E-state index in [1.54, 1.807) is 0 Å². The minimum absolute atomic E-state index is 0.230. The maximum atomic E-state index is 11.1. The number of carbonyl (C=O) groups is 2. The van der Waals surface area contributed by atoms with Crippen LogP contribution in [0.15, 0.2) is 12.7 Å². The zero-order valence-electron chi connectivity index (χ0n) is 9.41. The first-order valence-corrected chi connectivity index (χ1v) is 5.12. The Morgan fingerprint density at radius 2 is 2.13 bits per heavy atom. The number of esters is 1. The van der Waals surface area contributed by atoms with Crippen molar-refractivity contribution in [2.75, 3.05) is 13.2 Å². The molecule has 0 aliphatic carbocycles. The van der Waals surface area contributed by atoms with Crippen LogP contribution in [-0.4, -0.2) is 25.0 Å². The van der Waals surface area contributed by atoms with E-state index in [9.17, 15) is 9.59 Å². The van der Waals surface area contributed by atoms with Gasteiger partial charge in [0.1, 0.15) is 0 Å². The topological polar surface area (TPSA) is 55.4 Å². The normalized spacial score (nSPS) is 9.80. The quantitative estimate of drug-likeness (QED) is 0.393. The van der Waals surface area contributed by atoms with Crippen LogP contribution in [0.5, 0.6) is 0 Å². The lowest BCUT2D eigenvalue weighted by molar-refractivity contribution is -0.143. The van der Waals surface area contributed by atoms with E-state index in [2.05, 4.69) is 30.5 Å². The molecule has 0 aliphatic rings. The second-order valence-electron chi connectivity index (χ2n) is 3.70. The molecule has 4 nitrogen and oxygen atoms in total. The van der Waals surface area contributed by atoms with Gasteiger partial charge in [0, 0.05) is 12.6 Å². The van der Waals surface area contributed by atoms with Gasteiger partial charge in [-0.3, -0.25) is 4.79 Å². The summed E-state index contributed by atoms with van der Waals surface area (Å²) in [5.74, 6) is -0.207.